The number of amides is 1. The minimum atomic E-state index is -4.36. The summed E-state index contributed by atoms with van der Waals surface area (Å²) in [6.45, 7) is 2.47. The summed E-state index contributed by atoms with van der Waals surface area (Å²) in [5.41, 5.74) is 5.22. The third-order valence-electron chi connectivity index (χ3n) is 3.82. The number of likely N-dealkylation sites (tertiary alicyclic amines) is 1. The van der Waals surface area contributed by atoms with Crippen LogP contribution in [0, 0.1) is 0 Å². The Morgan fingerprint density at radius 1 is 1.45 bits per heavy atom. The van der Waals surface area contributed by atoms with Crippen LogP contribution in [0.4, 0.5) is 13.2 Å². The second-order valence-corrected chi connectivity index (χ2v) is 5.10. The lowest BCUT2D eigenvalue weighted by atomic mass is 10.0. The van der Waals surface area contributed by atoms with Gasteiger partial charge in [-0.15, -0.1) is 0 Å². The van der Waals surface area contributed by atoms with E-state index in [0.29, 0.717) is 18.5 Å². The number of carbonyl (C=O) groups is 1. The van der Waals surface area contributed by atoms with Crippen molar-refractivity contribution in [1.29, 1.82) is 0 Å². The molecule has 2 atom stereocenters. The number of primary amides is 1. The molecule has 0 aromatic heterocycles. The lowest BCUT2D eigenvalue weighted by Crippen LogP contribution is -2.41. The van der Waals surface area contributed by atoms with Gasteiger partial charge in [0.15, 0.2) is 0 Å². The van der Waals surface area contributed by atoms with E-state index in [4.69, 9.17) is 5.73 Å². The maximum Gasteiger partial charge on any atom is 0.416 e. The molecule has 6 heteroatoms. The van der Waals surface area contributed by atoms with Crippen molar-refractivity contribution in [2.24, 2.45) is 5.73 Å². The smallest absolute Gasteiger partial charge is 0.368 e. The van der Waals surface area contributed by atoms with E-state index in [1.165, 1.54) is 6.07 Å². The van der Waals surface area contributed by atoms with Gasteiger partial charge in [-0.1, -0.05) is 12.1 Å². The molecular weight excluding hydrogens is 269 g/mol. The molecule has 1 fully saturated rings. The Labute approximate surface area is 115 Å². The minimum absolute atomic E-state index is 0.266. The molecule has 0 spiro atoms. The molecule has 1 aliphatic heterocycles. The highest BCUT2D eigenvalue weighted by molar-refractivity contribution is 5.80. The topological polar surface area (TPSA) is 46.3 Å². The van der Waals surface area contributed by atoms with Gasteiger partial charge in [0, 0.05) is 6.04 Å². The summed E-state index contributed by atoms with van der Waals surface area (Å²) in [7, 11) is 0. The summed E-state index contributed by atoms with van der Waals surface area (Å²) in [4.78, 5) is 13.2. The Kier molecular flexibility index (Phi) is 4.04. The van der Waals surface area contributed by atoms with Crippen molar-refractivity contribution >= 4 is 5.91 Å². The second kappa shape index (κ2) is 5.44. The molecule has 1 aromatic carbocycles. The number of rotatable bonds is 3. The molecule has 0 bridgehead atoms. The number of alkyl halides is 3. The first-order chi connectivity index (χ1) is 9.30. The Morgan fingerprint density at radius 3 is 2.75 bits per heavy atom. The average Bonchev–Trinajstić information content (AvgIpc) is 2.86. The molecule has 0 saturated carbocycles. The SMILES string of the molecule is C[C@H](c1cccc(C(F)(F)F)c1)N1CCC[C@@H]1C(N)=O. The second-order valence-electron chi connectivity index (χ2n) is 5.10. The van der Waals surface area contributed by atoms with Gasteiger partial charge >= 0.3 is 6.18 Å². The fraction of sp³-hybridized carbons (Fsp3) is 0.500. The average molecular weight is 286 g/mol. The highest BCUT2D eigenvalue weighted by Crippen LogP contribution is 2.33. The molecule has 20 heavy (non-hydrogen) atoms. The van der Waals surface area contributed by atoms with E-state index in [-0.39, 0.29) is 12.1 Å². The monoisotopic (exact) mass is 286 g/mol. The van der Waals surface area contributed by atoms with Crippen molar-refractivity contribution < 1.29 is 18.0 Å². The summed E-state index contributed by atoms with van der Waals surface area (Å²) < 4.78 is 38.2. The Balaban J connectivity index is 2.25. The summed E-state index contributed by atoms with van der Waals surface area (Å²) in [6, 6.07) is 4.57. The number of hydrogen-bond acceptors (Lipinski definition) is 2. The van der Waals surface area contributed by atoms with E-state index in [0.717, 1.165) is 18.6 Å². The third kappa shape index (κ3) is 2.95. The first kappa shape index (κ1) is 14.8. The molecule has 1 aliphatic rings. The first-order valence-corrected chi connectivity index (χ1v) is 6.53. The van der Waals surface area contributed by atoms with E-state index in [2.05, 4.69) is 0 Å². The molecule has 0 radical (unpaired) electrons. The van der Waals surface area contributed by atoms with Crippen molar-refractivity contribution in [1.82, 2.24) is 4.90 Å². The third-order valence-corrected chi connectivity index (χ3v) is 3.82. The van der Waals surface area contributed by atoms with Crippen molar-refractivity contribution in [3.63, 3.8) is 0 Å². The van der Waals surface area contributed by atoms with Crippen LogP contribution in [-0.2, 0) is 11.0 Å². The molecule has 0 unspecified atom stereocenters. The van der Waals surface area contributed by atoms with Crippen LogP contribution in [0.2, 0.25) is 0 Å². The molecule has 1 aromatic rings. The molecule has 2 N–H and O–H groups in total. The molecule has 1 saturated heterocycles. The van der Waals surface area contributed by atoms with Crippen LogP contribution in [0.25, 0.3) is 0 Å². The van der Waals surface area contributed by atoms with E-state index < -0.39 is 17.6 Å². The normalized spacial score (nSPS) is 21.9. The number of benzene rings is 1. The first-order valence-electron chi connectivity index (χ1n) is 6.53. The molecule has 2 rings (SSSR count). The van der Waals surface area contributed by atoms with E-state index in [9.17, 15) is 18.0 Å². The van der Waals surface area contributed by atoms with Crippen molar-refractivity contribution in [2.75, 3.05) is 6.54 Å². The molecule has 0 aliphatic carbocycles. The predicted octanol–water partition coefficient (Wildman–Crippen LogP) is 2.72. The van der Waals surface area contributed by atoms with Crippen LogP contribution in [0.5, 0.6) is 0 Å². The summed E-state index contributed by atoms with van der Waals surface area (Å²) in [5.74, 6) is -0.415. The van der Waals surface area contributed by atoms with Gasteiger partial charge in [0.25, 0.3) is 0 Å². The summed E-state index contributed by atoms with van der Waals surface area (Å²) in [6.07, 6.45) is -2.86. The molecular formula is C14H17F3N2O. The number of carbonyl (C=O) groups excluding carboxylic acids is 1. The zero-order valence-corrected chi connectivity index (χ0v) is 11.2. The lowest BCUT2D eigenvalue weighted by Gasteiger charge is -2.29. The van der Waals surface area contributed by atoms with Crippen LogP contribution in [0.15, 0.2) is 24.3 Å². The Morgan fingerprint density at radius 2 is 2.15 bits per heavy atom. The largest absolute Gasteiger partial charge is 0.416 e. The van der Waals surface area contributed by atoms with E-state index >= 15 is 0 Å². The van der Waals surface area contributed by atoms with Crippen LogP contribution in [0.3, 0.4) is 0 Å². The maximum absolute atomic E-state index is 12.7. The van der Waals surface area contributed by atoms with Gasteiger partial charge in [-0.25, -0.2) is 0 Å². The van der Waals surface area contributed by atoms with Crippen LogP contribution >= 0.6 is 0 Å². The minimum Gasteiger partial charge on any atom is -0.368 e. The van der Waals surface area contributed by atoms with Crippen LogP contribution in [-0.4, -0.2) is 23.4 Å². The van der Waals surface area contributed by atoms with Crippen molar-refractivity contribution in [3.05, 3.63) is 35.4 Å². The Hall–Kier alpha value is -1.56. The van der Waals surface area contributed by atoms with Crippen LogP contribution < -0.4 is 5.73 Å². The van der Waals surface area contributed by atoms with Crippen molar-refractivity contribution in [2.45, 2.75) is 38.0 Å². The molecule has 1 heterocycles. The lowest BCUT2D eigenvalue weighted by molar-refractivity contribution is -0.137. The number of nitrogens with zero attached hydrogens (tertiary/aromatic N) is 1. The van der Waals surface area contributed by atoms with E-state index in [1.807, 2.05) is 4.90 Å². The number of halogens is 3. The van der Waals surface area contributed by atoms with Crippen LogP contribution in [0.1, 0.15) is 36.9 Å². The standard InChI is InChI=1S/C14H17F3N2O/c1-9(19-7-3-6-12(19)13(18)20)10-4-2-5-11(8-10)14(15,16)17/h2,4-5,8-9,12H,3,6-7H2,1H3,(H2,18,20)/t9-,12-/m1/s1. The summed E-state index contributed by atoms with van der Waals surface area (Å²) >= 11 is 0. The fourth-order valence-corrected chi connectivity index (χ4v) is 2.72. The molecule has 1 amide bonds. The van der Waals surface area contributed by atoms with Gasteiger partial charge in [-0.2, -0.15) is 13.2 Å². The molecule has 110 valence electrons. The van der Waals surface area contributed by atoms with Gasteiger partial charge in [0.1, 0.15) is 0 Å². The van der Waals surface area contributed by atoms with Crippen molar-refractivity contribution in [3.8, 4) is 0 Å². The number of hydrogen-bond donors (Lipinski definition) is 1. The molecule has 3 nitrogen and oxygen atoms in total. The zero-order valence-electron chi connectivity index (χ0n) is 11.2. The van der Waals surface area contributed by atoms with Gasteiger partial charge in [-0.05, 0) is 44.0 Å². The highest BCUT2D eigenvalue weighted by Gasteiger charge is 2.34. The quantitative estimate of drug-likeness (QED) is 0.928. The van der Waals surface area contributed by atoms with Gasteiger partial charge in [0.2, 0.25) is 5.91 Å². The van der Waals surface area contributed by atoms with Gasteiger partial charge < -0.3 is 5.73 Å². The zero-order chi connectivity index (χ0) is 14.9. The number of nitrogens with two attached hydrogens (primary N) is 1. The predicted molar refractivity (Wildman–Crippen MR) is 68.8 cm³/mol. The van der Waals surface area contributed by atoms with E-state index in [1.54, 1.807) is 13.0 Å². The highest BCUT2D eigenvalue weighted by atomic mass is 19.4. The maximum atomic E-state index is 12.7. The van der Waals surface area contributed by atoms with Gasteiger partial charge in [-0.3, -0.25) is 9.69 Å². The fourth-order valence-electron chi connectivity index (χ4n) is 2.72. The summed E-state index contributed by atoms with van der Waals surface area (Å²) in [5, 5.41) is 0. The van der Waals surface area contributed by atoms with Gasteiger partial charge in [0.05, 0.1) is 11.6 Å². The Bertz CT molecular complexity index is 501.